The number of urea groups is 1. The molecule has 1 fully saturated rings. The molecule has 0 spiro atoms. The van der Waals surface area contributed by atoms with Crippen LogP contribution in [0.2, 0.25) is 0 Å². The molecule has 0 radical (unpaired) electrons. The summed E-state index contributed by atoms with van der Waals surface area (Å²) in [7, 11) is 2.11. The molecule has 2 aromatic carbocycles. The fourth-order valence-electron chi connectivity index (χ4n) is 6.61. The number of alkyl halides is 3. The quantitative estimate of drug-likeness (QED) is 0.201. The molecular formula is C35H40F3N7O3. The van der Waals surface area contributed by atoms with Crippen molar-refractivity contribution >= 4 is 29.0 Å². The number of ether oxygens (including phenoxy) is 1. The van der Waals surface area contributed by atoms with E-state index in [4.69, 9.17) is 4.74 Å². The maximum Gasteiger partial charge on any atom is 0.471 e. The van der Waals surface area contributed by atoms with Crippen LogP contribution in [0, 0.1) is 0 Å². The summed E-state index contributed by atoms with van der Waals surface area (Å²) in [5.41, 5.74) is 2.76. The number of carbonyl (C=O) groups is 2. The van der Waals surface area contributed by atoms with Gasteiger partial charge in [0.1, 0.15) is 11.9 Å². The van der Waals surface area contributed by atoms with Gasteiger partial charge in [-0.1, -0.05) is 45.0 Å². The number of hydrogen-bond acceptors (Lipinski definition) is 6. The molecule has 254 valence electrons. The van der Waals surface area contributed by atoms with Crippen molar-refractivity contribution in [1.29, 1.82) is 0 Å². The number of fused-ring (bicyclic) bond motifs is 2. The van der Waals surface area contributed by atoms with E-state index in [9.17, 15) is 22.8 Å². The molecule has 2 aromatic heterocycles. The minimum absolute atomic E-state index is 0.0656. The molecule has 3 N–H and O–H groups in total. The molecule has 0 saturated carbocycles. The average molecular weight is 664 g/mol. The number of pyridine rings is 1. The molecular weight excluding hydrogens is 623 g/mol. The molecule has 48 heavy (non-hydrogen) atoms. The van der Waals surface area contributed by atoms with Gasteiger partial charge in [0, 0.05) is 11.4 Å². The summed E-state index contributed by atoms with van der Waals surface area (Å²) >= 11 is 0. The molecule has 4 aromatic rings. The molecule has 1 saturated heterocycles. The number of nitrogens with one attached hydrogen (secondary N) is 3. The van der Waals surface area contributed by atoms with Crippen molar-refractivity contribution in [2.24, 2.45) is 0 Å². The van der Waals surface area contributed by atoms with Crippen molar-refractivity contribution in [1.82, 2.24) is 24.8 Å². The topological polar surface area (TPSA) is 113 Å². The summed E-state index contributed by atoms with van der Waals surface area (Å²) in [6.45, 7) is 8.85. The van der Waals surface area contributed by atoms with E-state index < -0.39 is 23.5 Å². The van der Waals surface area contributed by atoms with Gasteiger partial charge in [-0.3, -0.25) is 14.1 Å². The lowest BCUT2D eigenvalue weighted by molar-refractivity contribution is -0.167. The Kier molecular flexibility index (Phi) is 8.61. The zero-order chi connectivity index (χ0) is 34.4. The summed E-state index contributed by atoms with van der Waals surface area (Å²) in [5.74, 6) is -0.522. The molecule has 2 aliphatic rings. The lowest BCUT2D eigenvalue weighted by atomic mass is 9.85. The molecule has 1 aliphatic heterocycles. The number of amides is 3. The highest BCUT2D eigenvalue weighted by Crippen LogP contribution is 2.40. The van der Waals surface area contributed by atoms with Crippen molar-refractivity contribution in [3.63, 3.8) is 0 Å². The third kappa shape index (κ3) is 6.69. The van der Waals surface area contributed by atoms with Crippen LogP contribution in [-0.2, 0) is 15.7 Å². The molecule has 1 aliphatic carbocycles. The van der Waals surface area contributed by atoms with E-state index in [-0.39, 0.29) is 29.1 Å². The van der Waals surface area contributed by atoms with Gasteiger partial charge in [0.15, 0.2) is 11.5 Å². The van der Waals surface area contributed by atoms with Crippen molar-refractivity contribution in [2.75, 3.05) is 24.2 Å². The predicted octanol–water partition coefficient (Wildman–Crippen LogP) is 7.25. The van der Waals surface area contributed by atoms with Gasteiger partial charge in [0.2, 0.25) is 0 Å². The Morgan fingerprint density at radius 1 is 0.958 bits per heavy atom. The normalized spacial score (nSPS) is 21.5. The molecule has 6 rings (SSSR count). The van der Waals surface area contributed by atoms with Gasteiger partial charge >= 0.3 is 18.1 Å². The second-order valence-corrected chi connectivity index (χ2v) is 13.9. The molecule has 3 heterocycles. The lowest BCUT2D eigenvalue weighted by Crippen LogP contribution is -2.37. The summed E-state index contributed by atoms with van der Waals surface area (Å²) < 4.78 is 47.4. The van der Waals surface area contributed by atoms with E-state index in [1.165, 1.54) is 12.1 Å². The molecule has 1 unspecified atom stereocenters. The molecule has 3 atom stereocenters. The van der Waals surface area contributed by atoms with Crippen molar-refractivity contribution in [2.45, 2.75) is 82.7 Å². The van der Waals surface area contributed by atoms with Crippen LogP contribution >= 0.6 is 0 Å². The van der Waals surface area contributed by atoms with Gasteiger partial charge in [-0.25, -0.2) is 4.79 Å². The Morgan fingerprint density at radius 2 is 1.67 bits per heavy atom. The number of anilines is 2. The zero-order valence-corrected chi connectivity index (χ0v) is 27.6. The Bertz CT molecular complexity index is 1850. The maximum absolute atomic E-state index is 13.3. The van der Waals surface area contributed by atoms with E-state index in [1.807, 2.05) is 73.1 Å². The number of likely N-dealkylation sites (tertiary alicyclic amines) is 1. The van der Waals surface area contributed by atoms with Gasteiger partial charge in [-0.05, 0) is 98.6 Å². The maximum atomic E-state index is 13.3. The first kappa shape index (κ1) is 33.3. The van der Waals surface area contributed by atoms with Crippen LogP contribution in [0.25, 0.3) is 5.65 Å². The number of hydrogen-bond donors (Lipinski definition) is 3. The monoisotopic (exact) mass is 663 g/mol. The summed E-state index contributed by atoms with van der Waals surface area (Å²) in [6, 6.07) is 15.2. The standard InChI is InChI=1S/C35H40F3N7O3/c1-33(2,3)21-17-22(39-31(46)35(36,37)38)19-23(18-21)40-32(47)41-27-12-13-28(26-10-7-6-9-25(26)27)48-24-11-14-29-42-43-30(45(29)20-24)34(4)15-8-16-44(34)5/h6-7,9-11,14,17-20,27-28H,8,12-13,15-16H2,1-5H3,(H,39,46)(H2,40,41,47)/t27-,28+,34?/m0/s1. The fraction of sp³-hybridized carbons (Fsp3) is 0.429. The molecule has 13 heteroatoms. The first-order valence-corrected chi connectivity index (χ1v) is 16.0. The Labute approximate surface area is 277 Å². The first-order chi connectivity index (χ1) is 22.6. The van der Waals surface area contributed by atoms with Gasteiger partial charge < -0.3 is 20.7 Å². The lowest BCUT2D eigenvalue weighted by Gasteiger charge is -2.32. The zero-order valence-electron chi connectivity index (χ0n) is 27.6. The fourth-order valence-corrected chi connectivity index (χ4v) is 6.61. The molecule has 3 amide bonds. The number of aromatic nitrogens is 3. The van der Waals surface area contributed by atoms with Gasteiger partial charge in [0.25, 0.3) is 0 Å². The smallest absolute Gasteiger partial charge is 0.471 e. The van der Waals surface area contributed by atoms with Gasteiger partial charge in [0.05, 0.1) is 17.8 Å². The Hall–Kier alpha value is -4.65. The van der Waals surface area contributed by atoms with E-state index >= 15 is 0 Å². The highest BCUT2D eigenvalue weighted by Gasteiger charge is 2.40. The van der Waals surface area contributed by atoms with E-state index in [0.717, 1.165) is 42.0 Å². The third-order valence-electron chi connectivity index (χ3n) is 9.45. The summed E-state index contributed by atoms with van der Waals surface area (Å²) in [5, 5.41) is 16.6. The van der Waals surface area contributed by atoms with Crippen LogP contribution in [0.5, 0.6) is 5.75 Å². The van der Waals surface area contributed by atoms with Crippen LogP contribution in [0.15, 0.2) is 60.8 Å². The van der Waals surface area contributed by atoms with Crippen LogP contribution in [0.1, 0.15) is 88.0 Å². The second kappa shape index (κ2) is 12.4. The van der Waals surface area contributed by atoms with Crippen LogP contribution in [-0.4, -0.2) is 51.2 Å². The number of nitrogens with zero attached hydrogens (tertiary/aromatic N) is 4. The highest BCUT2D eigenvalue weighted by atomic mass is 19.4. The Balaban J connectivity index is 1.18. The van der Waals surface area contributed by atoms with Gasteiger partial charge in [-0.15, -0.1) is 10.2 Å². The summed E-state index contributed by atoms with van der Waals surface area (Å²) in [6.07, 6.45) is -0.0574. The van der Waals surface area contributed by atoms with Crippen LogP contribution in [0.3, 0.4) is 0 Å². The Morgan fingerprint density at radius 3 is 2.33 bits per heavy atom. The minimum atomic E-state index is -5.05. The number of carbonyl (C=O) groups excluding carboxylic acids is 2. The number of halogens is 3. The first-order valence-electron chi connectivity index (χ1n) is 16.0. The highest BCUT2D eigenvalue weighted by molar-refractivity contribution is 5.96. The SMILES string of the molecule is CN1CCCC1(C)c1nnc2ccc(O[C@@H]3CC[C@H](NC(=O)Nc4cc(NC(=O)C(F)(F)F)cc(C(C)(C)C)c4)c4ccccc43)cn12. The van der Waals surface area contributed by atoms with Crippen molar-refractivity contribution in [3.8, 4) is 5.75 Å². The molecule has 0 bridgehead atoms. The van der Waals surface area contributed by atoms with E-state index in [1.54, 1.807) is 6.07 Å². The van der Waals surface area contributed by atoms with E-state index in [0.29, 0.717) is 24.2 Å². The summed E-state index contributed by atoms with van der Waals surface area (Å²) in [4.78, 5) is 27.2. The minimum Gasteiger partial charge on any atom is -0.484 e. The number of benzene rings is 2. The number of rotatable bonds is 6. The van der Waals surface area contributed by atoms with Gasteiger partial charge in [-0.2, -0.15) is 13.2 Å². The van der Waals surface area contributed by atoms with E-state index in [2.05, 4.69) is 39.7 Å². The van der Waals surface area contributed by atoms with Crippen LogP contribution in [0.4, 0.5) is 29.3 Å². The van der Waals surface area contributed by atoms with Crippen LogP contribution < -0.4 is 20.7 Å². The molecule has 10 nitrogen and oxygen atoms in total. The average Bonchev–Trinajstić information content (AvgIpc) is 3.60. The van der Waals surface area contributed by atoms with Crippen molar-refractivity contribution < 1.29 is 27.5 Å². The largest absolute Gasteiger partial charge is 0.484 e. The second-order valence-electron chi connectivity index (χ2n) is 13.9. The third-order valence-corrected chi connectivity index (χ3v) is 9.45. The predicted molar refractivity (Wildman–Crippen MR) is 176 cm³/mol. The van der Waals surface area contributed by atoms with Crippen molar-refractivity contribution in [3.05, 3.63) is 83.3 Å².